The average molecular weight is 454 g/mol. The number of aromatic amines is 1. The number of amides is 1. The van der Waals surface area contributed by atoms with Gasteiger partial charge in [-0.1, -0.05) is 6.07 Å². The lowest BCUT2D eigenvalue weighted by molar-refractivity contribution is -0.136. The number of aromatic nitrogens is 2. The van der Waals surface area contributed by atoms with Gasteiger partial charge in [0.15, 0.2) is 0 Å². The third-order valence-electron chi connectivity index (χ3n) is 6.13. The van der Waals surface area contributed by atoms with Gasteiger partial charge in [0.1, 0.15) is 17.8 Å². The summed E-state index contributed by atoms with van der Waals surface area (Å²) in [5.74, 6) is -0.215. The Bertz CT molecular complexity index is 1250. The molecule has 0 bridgehead atoms. The van der Waals surface area contributed by atoms with Gasteiger partial charge in [0.05, 0.1) is 4.90 Å². The Labute approximate surface area is 187 Å². The van der Waals surface area contributed by atoms with Crippen molar-refractivity contribution in [2.24, 2.45) is 0 Å². The molecular weight excluding hydrogens is 426 g/mol. The second-order valence-electron chi connectivity index (χ2n) is 8.23. The van der Waals surface area contributed by atoms with Crippen molar-refractivity contribution in [3.8, 4) is 6.07 Å². The number of benzene rings is 1. The van der Waals surface area contributed by atoms with E-state index >= 15 is 0 Å². The molecule has 0 spiro atoms. The maximum Gasteiger partial charge on any atom is 0.241 e. The van der Waals surface area contributed by atoms with E-state index in [1.807, 2.05) is 13.0 Å². The van der Waals surface area contributed by atoms with Crippen LogP contribution in [0.15, 0.2) is 53.7 Å². The van der Waals surface area contributed by atoms with Crippen LogP contribution in [0.25, 0.3) is 10.9 Å². The molecule has 168 valence electrons. The SMILES string of the molecule is CC1CCCCN1C(=O)C(CCn1cccc1C#N)NS(=O)(=O)c1cccc2[nH]ccc12. The number of piperidine rings is 1. The smallest absolute Gasteiger partial charge is 0.241 e. The Balaban J connectivity index is 1.62. The molecule has 9 heteroatoms. The summed E-state index contributed by atoms with van der Waals surface area (Å²) in [6.07, 6.45) is 6.58. The van der Waals surface area contributed by atoms with Gasteiger partial charge in [0.25, 0.3) is 0 Å². The molecular formula is C23H27N5O3S. The number of carbonyl (C=O) groups excluding carboxylic acids is 1. The molecule has 2 aromatic heterocycles. The van der Waals surface area contributed by atoms with Gasteiger partial charge >= 0.3 is 0 Å². The normalized spacial score (nSPS) is 17.9. The fourth-order valence-corrected chi connectivity index (χ4v) is 5.82. The zero-order valence-corrected chi connectivity index (χ0v) is 18.8. The number of aryl methyl sites for hydroxylation is 1. The number of nitriles is 1. The molecule has 1 saturated heterocycles. The fraction of sp³-hybridized carbons (Fsp3) is 0.391. The molecule has 2 atom stereocenters. The summed E-state index contributed by atoms with van der Waals surface area (Å²) in [6, 6.07) is 11.5. The van der Waals surface area contributed by atoms with Crippen LogP contribution in [0.1, 0.15) is 38.3 Å². The van der Waals surface area contributed by atoms with Crippen molar-refractivity contribution in [2.45, 2.75) is 56.1 Å². The van der Waals surface area contributed by atoms with Gasteiger partial charge in [0.2, 0.25) is 15.9 Å². The lowest BCUT2D eigenvalue weighted by Crippen LogP contribution is -2.52. The van der Waals surface area contributed by atoms with Crippen LogP contribution in [-0.2, 0) is 21.4 Å². The maximum atomic E-state index is 13.5. The molecule has 1 aliphatic heterocycles. The summed E-state index contributed by atoms with van der Waals surface area (Å²) in [5.41, 5.74) is 1.19. The zero-order chi connectivity index (χ0) is 22.7. The van der Waals surface area contributed by atoms with Gasteiger partial charge in [-0.15, -0.1) is 0 Å². The number of fused-ring (bicyclic) bond motifs is 1. The molecule has 1 amide bonds. The monoisotopic (exact) mass is 453 g/mol. The largest absolute Gasteiger partial charge is 0.361 e. The minimum absolute atomic E-state index is 0.0672. The number of sulfonamides is 1. The Kier molecular flexibility index (Phi) is 6.35. The van der Waals surface area contributed by atoms with Crippen LogP contribution in [0.2, 0.25) is 0 Å². The summed E-state index contributed by atoms with van der Waals surface area (Å²) in [6.45, 7) is 2.98. The molecule has 3 heterocycles. The predicted molar refractivity (Wildman–Crippen MR) is 121 cm³/mol. The second kappa shape index (κ2) is 9.18. The maximum absolute atomic E-state index is 13.5. The number of likely N-dealkylation sites (tertiary alicyclic amines) is 1. The molecule has 1 aromatic carbocycles. The first-order valence-corrected chi connectivity index (χ1v) is 12.3. The molecule has 1 fully saturated rings. The summed E-state index contributed by atoms with van der Waals surface area (Å²) >= 11 is 0. The quantitative estimate of drug-likeness (QED) is 0.573. The van der Waals surface area contributed by atoms with E-state index in [4.69, 9.17) is 0 Å². The molecule has 0 aliphatic carbocycles. The highest BCUT2D eigenvalue weighted by molar-refractivity contribution is 7.89. The number of nitrogens with one attached hydrogen (secondary N) is 2. The van der Waals surface area contributed by atoms with Crippen LogP contribution in [0, 0.1) is 11.3 Å². The summed E-state index contributed by atoms with van der Waals surface area (Å²) in [7, 11) is -3.96. The standard InChI is InChI=1S/C23H27N5O3S/c1-17-6-2-3-14-28(17)23(29)21(11-15-27-13-5-7-18(27)16-24)26-32(30,31)22-9-4-8-20-19(22)10-12-25-20/h4-5,7-10,12-13,17,21,25-26H,2-3,6,11,14-15H2,1H3. The Morgan fingerprint density at radius 3 is 2.91 bits per heavy atom. The number of rotatable bonds is 7. The molecule has 2 N–H and O–H groups in total. The van der Waals surface area contributed by atoms with E-state index in [2.05, 4.69) is 15.8 Å². The van der Waals surface area contributed by atoms with Gasteiger partial charge in [-0.25, -0.2) is 8.42 Å². The molecule has 8 nitrogen and oxygen atoms in total. The molecule has 0 radical (unpaired) electrons. The van der Waals surface area contributed by atoms with E-state index in [1.54, 1.807) is 52.2 Å². The number of nitrogens with zero attached hydrogens (tertiary/aromatic N) is 3. The minimum Gasteiger partial charge on any atom is -0.361 e. The molecule has 32 heavy (non-hydrogen) atoms. The molecule has 4 rings (SSSR count). The first-order chi connectivity index (χ1) is 15.4. The number of hydrogen-bond donors (Lipinski definition) is 2. The van der Waals surface area contributed by atoms with Crippen LogP contribution >= 0.6 is 0 Å². The topological polar surface area (TPSA) is 111 Å². The molecule has 1 aliphatic rings. The van der Waals surface area contributed by atoms with Gasteiger partial charge in [-0.2, -0.15) is 9.98 Å². The van der Waals surface area contributed by atoms with E-state index in [0.29, 0.717) is 29.7 Å². The van der Waals surface area contributed by atoms with Gasteiger partial charge < -0.3 is 14.5 Å². The van der Waals surface area contributed by atoms with Gasteiger partial charge in [0, 0.05) is 42.4 Å². The highest BCUT2D eigenvalue weighted by Gasteiger charge is 2.33. The predicted octanol–water partition coefficient (Wildman–Crippen LogP) is 2.98. The number of H-pyrrole nitrogens is 1. The van der Waals surface area contributed by atoms with E-state index in [-0.39, 0.29) is 23.3 Å². The Morgan fingerprint density at radius 2 is 2.12 bits per heavy atom. The molecule has 3 aromatic rings. The van der Waals surface area contributed by atoms with Crippen molar-refractivity contribution < 1.29 is 13.2 Å². The van der Waals surface area contributed by atoms with Crippen LogP contribution in [0.4, 0.5) is 0 Å². The third kappa shape index (κ3) is 4.42. The van der Waals surface area contributed by atoms with Crippen molar-refractivity contribution in [1.82, 2.24) is 19.2 Å². The molecule has 2 unspecified atom stereocenters. The van der Waals surface area contributed by atoms with Crippen molar-refractivity contribution in [3.63, 3.8) is 0 Å². The van der Waals surface area contributed by atoms with Gasteiger partial charge in [-0.05, 0) is 62.9 Å². The number of carbonyl (C=O) groups is 1. The lowest BCUT2D eigenvalue weighted by atomic mass is 10.0. The summed E-state index contributed by atoms with van der Waals surface area (Å²) in [5, 5.41) is 9.85. The van der Waals surface area contributed by atoms with E-state index in [1.165, 1.54) is 0 Å². The first kappa shape index (κ1) is 22.1. The summed E-state index contributed by atoms with van der Waals surface area (Å²) < 4.78 is 31.1. The van der Waals surface area contributed by atoms with E-state index < -0.39 is 16.1 Å². The van der Waals surface area contributed by atoms with Gasteiger partial charge in [-0.3, -0.25) is 4.79 Å². The zero-order valence-electron chi connectivity index (χ0n) is 18.0. The van der Waals surface area contributed by atoms with Crippen LogP contribution in [0.5, 0.6) is 0 Å². The highest BCUT2D eigenvalue weighted by atomic mass is 32.2. The first-order valence-electron chi connectivity index (χ1n) is 10.8. The Morgan fingerprint density at radius 1 is 1.28 bits per heavy atom. The fourth-order valence-electron chi connectivity index (χ4n) is 4.38. The molecule has 0 saturated carbocycles. The Hall–Kier alpha value is -3.09. The van der Waals surface area contributed by atoms with Crippen molar-refractivity contribution >= 4 is 26.8 Å². The van der Waals surface area contributed by atoms with Crippen molar-refractivity contribution in [2.75, 3.05) is 6.54 Å². The highest BCUT2D eigenvalue weighted by Crippen LogP contribution is 2.24. The van der Waals surface area contributed by atoms with E-state index in [9.17, 15) is 18.5 Å². The van der Waals surface area contributed by atoms with Crippen molar-refractivity contribution in [3.05, 3.63) is 54.5 Å². The van der Waals surface area contributed by atoms with Crippen LogP contribution < -0.4 is 4.72 Å². The number of hydrogen-bond acceptors (Lipinski definition) is 4. The third-order valence-corrected chi connectivity index (χ3v) is 7.66. The van der Waals surface area contributed by atoms with Crippen LogP contribution in [-0.4, -0.2) is 47.4 Å². The lowest BCUT2D eigenvalue weighted by Gasteiger charge is -2.36. The minimum atomic E-state index is -3.96. The van der Waals surface area contributed by atoms with Crippen molar-refractivity contribution in [1.29, 1.82) is 5.26 Å². The summed E-state index contributed by atoms with van der Waals surface area (Å²) in [4.78, 5) is 18.4. The van der Waals surface area contributed by atoms with Crippen LogP contribution in [0.3, 0.4) is 0 Å². The second-order valence-corrected chi connectivity index (χ2v) is 9.92. The van der Waals surface area contributed by atoms with E-state index in [0.717, 1.165) is 19.3 Å². The average Bonchev–Trinajstić information content (AvgIpc) is 3.45.